The molecule has 2 heterocycles. The summed E-state index contributed by atoms with van der Waals surface area (Å²) in [5.74, 6) is -2.09. The summed E-state index contributed by atoms with van der Waals surface area (Å²) < 4.78 is 15.9. The Hall–Kier alpha value is -4.57. The highest BCUT2D eigenvalue weighted by Crippen LogP contribution is 2.28. The number of benzene rings is 2. The summed E-state index contributed by atoms with van der Waals surface area (Å²) in [6, 6.07) is 16.9. The standard InChI is InChI=1S/C24H18ClFN6O3/c1-13(33)28-20-10-9-18(26)22(29-20)14-7-8-17(25)16(11-14)24(35)30-21-12-19(23(27)34)31-32(21)15-5-3-2-4-6-15/h2-12H,1H3,(H2,27,34)(H,30,35)(H,28,29,33). The lowest BCUT2D eigenvalue weighted by Gasteiger charge is -2.11. The van der Waals surface area contributed by atoms with Crippen LogP contribution in [0.4, 0.5) is 16.0 Å². The quantitative estimate of drug-likeness (QED) is 0.374. The number of aromatic nitrogens is 3. The van der Waals surface area contributed by atoms with E-state index in [1.165, 1.54) is 41.9 Å². The number of amides is 3. The van der Waals surface area contributed by atoms with E-state index in [2.05, 4.69) is 20.7 Å². The van der Waals surface area contributed by atoms with E-state index in [1.54, 1.807) is 30.3 Å². The lowest BCUT2D eigenvalue weighted by atomic mass is 10.1. The molecule has 0 aliphatic heterocycles. The van der Waals surface area contributed by atoms with Crippen LogP contribution in [-0.4, -0.2) is 32.5 Å². The van der Waals surface area contributed by atoms with Crippen molar-refractivity contribution in [1.29, 1.82) is 0 Å². The molecule has 0 unspecified atom stereocenters. The summed E-state index contributed by atoms with van der Waals surface area (Å²) in [7, 11) is 0. The molecule has 4 N–H and O–H groups in total. The van der Waals surface area contributed by atoms with E-state index in [0.29, 0.717) is 5.69 Å². The summed E-state index contributed by atoms with van der Waals surface area (Å²) in [5, 5.41) is 9.42. The van der Waals surface area contributed by atoms with E-state index in [-0.39, 0.29) is 45.1 Å². The molecule has 0 radical (unpaired) electrons. The fraction of sp³-hybridized carbons (Fsp3) is 0.0417. The van der Waals surface area contributed by atoms with Crippen molar-refractivity contribution in [3.63, 3.8) is 0 Å². The van der Waals surface area contributed by atoms with Gasteiger partial charge < -0.3 is 16.4 Å². The third-order valence-corrected chi connectivity index (χ3v) is 5.17. The third kappa shape index (κ3) is 5.17. The molecule has 35 heavy (non-hydrogen) atoms. The Bertz CT molecular complexity index is 1460. The average Bonchev–Trinajstić information content (AvgIpc) is 3.25. The van der Waals surface area contributed by atoms with Gasteiger partial charge in [0.2, 0.25) is 5.91 Å². The molecule has 0 bridgehead atoms. The maximum Gasteiger partial charge on any atom is 0.269 e. The van der Waals surface area contributed by atoms with Crippen LogP contribution in [0, 0.1) is 5.82 Å². The Balaban J connectivity index is 1.70. The van der Waals surface area contributed by atoms with Gasteiger partial charge in [-0.1, -0.05) is 35.9 Å². The van der Waals surface area contributed by atoms with Crippen molar-refractivity contribution in [2.24, 2.45) is 5.73 Å². The van der Waals surface area contributed by atoms with Crippen LogP contribution in [0.5, 0.6) is 0 Å². The molecule has 176 valence electrons. The molecule has 4 rings (SSSR count). The van der Waals surface area contributed by atoms with Crippen molar-refractivity contribution < 1.29 is 18.8 Å². The molecule has 2 aromatic carbocycles. The summed E-state index contributed by atoms with van der Waals surface area (Å²) in [4.78, 5) is 40.3. The highest BCUT2D eigenvalue weighted by atomic mass is 35.5. The molecule has 0 saturated heterocycles. The third-order valence-electron chi connectivity index (χ3n) is 4.84. The van der Waals surface area contributed by atoms with Crippen molar-refractivity contribution in [3.8, 4) is 16.9 Å². The zero-order valence-corrected chi connectivity index (χ0v) is 19.0. The smallest absolute Gasteiger partial charge is 0.269 e. The second kappa shape index (κ2) is 9.74. The number of hydrogen-bond donors (Lipinski definition) is 3. The van der Waals surface area contributed by atoms with Gasteiger partial charge >= 0.3 is 0 Å². The zero-order valence-electron chi connectivity index (χ0n) is 18.3. The lowest BCUT2D eigenvalue weighted by Crippen LogP contribution is -2.16. The maximum atomic E-state index is 14.5. The van der Waals surface area contributed by atoms with Gasteiger partial charge in [-0.05, 0) is 36.4 Å². The Kier molecular flexibility index (Phi) is 6.56. The van der Waals surface area contributed by atoms with E-state index in [1.807, 2.05) is 0 Å². The Morgan fingerprint density at radius 3 is 2.43 bits per heavy atom. The van der Waals surface area contributed by atoms with E-state index in [9.17, 15) is 18.8 Å². The highest BCUT2D eigenvalue weighted by Gasteiger charge is 2.19. The van der Waals surface area contributed by atoms with Crippen LogP contribution in [0.15, 0.2) is 66.7 Å². The number of primary amides is 1. The number of para-hydroxylation sites is 1. The minimum atomic E-state index is -0.768. The molecular weight excluding hydrogens is 475 g/mol. The van der Waals surface area contributed by atoms with Crippen molar-refractivity contribution >= 4 is 41.0 Å². The number of anilines is 2. The number of nitrogens with two attached hydrogens (primary N) is 1. The molecular formula is C24H18ClFN6O3. The molecule has 11 heteroatoms. The predicted octanol–water partition coefficient (Wildman–Crippen LogP) is 4.04. The molecule has 0 fully saturated rings. The second-order valence-corrected chi connectivity index (χ2v) is 7.79. The van der Waals surface area contributed by atoms with Crippen LogP contribution >= 0.6 is 11.6 Å². The molecule has 4 aromatic rings. The predicted molar refractivity (Wildman–Crippen MR) is 129 cm³/mol. The first kappa shape index (κ1) is 23.6. The van der Waals surface area contributed by atoms with Gasteiger partial charge in [0.1, 0.15) is 23.1 Å². The molecule has 0 aliphatic carbocycles. The molecule has 0 atom stereocenters. The van der Waals surface area contributed by atoms with Gasteiger partial charge in [-0.25, -0.2) is 14.1 Å². The van der Waals surface area contributed by atoms with Crippen molar-refractivity contribution in [3.05, 3.63) is 88.8 Å². The molecule has 0 saturated carbocycles. The van der Waals surface area contributed by atoms with Crippen LogP contribution in [0.2, 0.25) is 5.02 Å². The lowest BCUT2D eigenvalue weighted by molar-refractivity contribution is -0.114. The van der Waals surface area contributed by atoms with Gasteiger partial charge in [0.15, 0.2) is 5.69 Å². The summed E-state index contributed by atoms with van der Waals surface area (Å²) >= 11 is 6.27. The normalized spacial score (nSPS) is 10.6. The van der Waals surface area contributed by atoms with Gasteiger partial charge in [0.25, 0.3) is 11.8 Å². The number of carbonyl (C=O) groups excluding carboxylic acids is 3. The highest BCUT2D eigenvalue weighted by molar-refractivity contribution is 6.34. The summed E-state index contributed by atoms with van der Waals surface area (Å²) in [5.41, 5.74) is 6.10. The second-order valence-electron chi connectivity index (χ2n) is 7.38. The van der Waals surface area contributed by atoms with E-state index >= 15 is 0 Å². The average molecular weight is 493 g/mol. The van der Waals surface area contributed by atoms with Crippen LogP contribution in [0.1, 0.15) is 27.8 Å². The van der Waals surface area contributed by atoms with Gasteiger partial charge in [-0.15, -0.1) is 0 Å². The van der Waals surface area contributed by atoms with E-state index in [4.69, 9.17) is 17.3 Å². The Labute approximate surface area is 203 Å². The number of pyridine rings is 1. The van der Waals surface area contributed by atoms with Gasteiger partial charge in [-0.3, -0.25) is 14.4 Å². The monoisotopic (exact) mass is 492 g/mol. The fourth-order valence-electron chi connectivity index (χ4n) is 3.28. The first-order valence-electron chi connectivity index (χ1n) is 10.2. The molecule has 0 spiro atoms. The summed E-state index contributed by atoms with van der Waals surface area (Å²) in [6.07, 6.45) is 0. The van der Waals surface area contributed by atoms with Crippen molar-refractivity contribution in [2.45, 2.75) is 6.92 Å². The number of nitrogens with zero attached hydrogens (tertiary/aromatic N) is 3. The largest absolute Gasteiger partial charge is 0.364 e. The topological polar surface area (TPSA) is 132 Å². The van der Waals surface area contributed by atoms with Crippen molar-refractivity contribution in [2.75, 3.05) is 10.6 Å². The molecule has 3 amide bonds. The van der Waals surface area contributed by atoms with E-state index in [0.717, 1.165) is 6.07 Å². The zero-order chi connectivity index (χ0) is 25.1. The van der Waals surface area contributed by atoms with Crippen molar-refractivity contribution in [1.82, 2.24) is 14.8 Å². The number of halogens is 2. The molecule has 9 nitrogen and oxygen atoms in total. The van der Waals surface area contributed by atoms with Crippen LogP contribution in [-0.2, 0) is 4.79 Å². The fourth-order valence-corrected chi connectivity index (χ4v) is 3.48. The van der Waals surface area contributed by atoms with Gasteiger partial charge in [0, 0.05) is 18.6 Å². The minimum Gasteiger partial charge on any atom is -0.364 e. The minimum absolute atomic E-state index is 0.0248. The Morgan fingerprint density at radius 2 is 1.74 bits per heavy atom. The van der Waals surface area contributed by atoms with Gasteiger partial charge in [-0.2, -0.15) is 5.10 Å². The summed E-state index contributed by atoms with van der Waals surface area (Å²) in [6.45, 7) is 1.30. The number of carbonyl (C=O) groups is 3. The van der Waals surface area contributed by atoms with Gasteiger partial charge in [0.05, 0.1) is 16.3 Å². The first-order chi connectivity index (χ1) is 16.7. The molecule has 0 aliphatic rings. The van der Waals surface area contributed by atoms with Crippen LogP contribution in [0.25, 0.3) is 16.9 Å². The first-order valence-corrected chi connectivity index (χ1v) is 10.6. The van der Waals surface area contributed by atoms with Crippen LogP contribution in [0.3, 0.4) is 0 Å². The van der Waals surface area contributed by atoms with Crippen LogP contribution < -0.4 is 16.4 Å². The number of hydrogen-bond acceptors (Lipinski definition) is 5. The maximum absolute atomic E-state index is 14.5. The number of rotatable bonds is 6. The Morgan fingerprint density at radius 1 is 1.00 bits per heavy atom. The number of nitrogens with one attached hydrogen (secondary N) is 2. The van der Waals surface area contributed by atoms with E-state index < -0.39 is 17.6 Å². The SMILES string of the molecule is CC(=O)Nc1ccc(F)c(-c2ccc(Cl)c(C(=O)Nc3cc(C(N)=O)nn3-c3ccccc3)c2)n1. The molecule has 2 aromatic heterocycles.